The van der Waals surface area contributed by atoms with Gasteiger partial charge in [0.05, 0.1) is 26.4 Å². The molecule has 7 heteroatoms. The number of hydrogen-bond donors (Lipinski definition) is 1. The fourth-order valence-electron chi connectivity index (χ4n) is 4.60. The summed E-state index contributed by atoms with van der Waals surface area (Å²) in [6, 6.07) is 0.299. The van der Waals surface area contributed by atoms with E-state index in [0.717, 1.165) is 19.3 Å². The summed E-state index contributed by atoms with van der Waals surface area (Å²) in [6.45, 7) is 8.73. The first-order valence-corrected chi connectivity index (χ1v) is 12.0. The van der Waals surface area contributed by atoms with Gasteiger partial charge in [0, 0.05) is 32.2 Å². The van der Waals surface area contributed by atoms with E-state index in [1.165, 1.54) is 19.3 Å². The van der Waals surface area contributed by atoms with Crippen molar-refractivity contribution in [3.05, 3.63) is 11.8 Å². The van der Waals surface area contributed by atoms with Gasteiger partial charge < -0.3 is 29.0 Å². The molecule has 31 heavy (non-hydrogen) atoms. The predicted octanol–water partition coefficient (Wildman–Crippen LogP) is 3.36. The maximum atomic E-state index is 13.2. The van der Waals surface area contributed by atoms with Crippen molar-refractivity contribution in [3.63, 3.8) is 0 Å². The molecule has 1 saturated carbocycles. The number of likely N-dealkylation sites (N-methyl/N-ethyl adjacent to an activating group) is 1. The van der Waals surface area contributed by atoms with E-state index < -0.39 is 6.29 Å². The Bertz CT molecular complexity index is 546. The second-order valence-corrected chi connectivity index (χ2v) is 8.90. The number of aliphatic hydroxyl groups is 1. The highest BCUT2D eigenvalue weighted by atomic mass is 16.7. The average molecular weight is 442 g/mol. The highest BCUT2D eigenvalue weighted by molar-refractivity contribution is 5.91. The fraction of sp³-hybridized carbons (Fsp3) is 0.875. The van der Waals surface area contributed by atoms with E-state index in [-0.39, 0.29) is 24.3 Å². The third-order valence-corrected chi connectivity index (χ3v) is 6.39. The van der Waals surface area contributed by atoms with E-state index in [1.54, 1.807) is 0 Å². The lowest BCUT2D eigenvalue weighted by Gasteiger charge is -2.40. The summed E-state index contributed by atoms with van der Waals surface area (Å²) >= 11 is 0. The number of amides is 1. The molecule has 0 aromatic heterocycles. The molecular weight excluding hydrogens is 398 g/mol. The first-order chi connectivity index (χ1) is 15.0. The number of carbonyl (C=O) groups is 1. The largest absolute Gasteiger partial charge is 0.459 e. The van der Waals surface area contributed by atoms with Gasteiger partial charge in [0.25, 0.3) is 5.91 Å². The van der Waals surface area contributed by atoms with Gasteiger partial charge in [-0.25, -0.2) is 0 Å². The minimum atomic E-state index is -0.449. The summed E-state index contributed by atoms with van der Waals surface area (Å²) in [5, 5.41) is 8.74. The Morgan fingerprint density at radius 3 is 2.45 bits per heavy atom. The molecule has 0 saturated heterocycles. The van der Waals surface area contributed by atoms with E-state index in [9.17, 15) is 4.79 Å². The Labute approximate surface area is 188 Å². The molecular formula is C24H43NO6. The molecule has 0 unspecified atom stereocenters. The normalized spacial score (nSPS) is 24.7. The minimum absolute atomic E-state index is 0.0227. The Balaban J connectivity index is 2.01. The molecule has 0 aromatic rings. The SMILES string of the molecule is CCO[C@H]1OC(C(=O)N(C)C2CCCCC2)=C[C@@H](C(C)C)[C@@H]1CCOCCOCCO. The second-order valence-electron chi connectivity index (χ2n) is 8.90. The number of rotatable bonds is 13. The summed E-state index contributed by atoms with van der Waals surface area (Å²) in [5.74, 6) is 1.05. The lowest BCUT2D eigenvalue weighted by molar-refractivity contribution is -0.180. The highest BCUT2D eigenvalue weighted by Gasteiger charge is 2.39. The van der Waals surface area contributed by atoms with Gasteiger partial charge in [0.15, 0.2) is 5.76 Å². The molecule has 0 bridgehead atoms. The van der Waals surface area contributed by atoms with Crippen molar-refractivity contribution < 1.29 is 28.8 Å². The maximum absolute atomic E-state index is 13.2. The Hall–Kier alpha value is -1.15. The number of hydrogen-bond acceptors (Lipinski definition) is 6. The number of nitrogens with zero attached hydrogens (tertiary/aromatic N) is 1. The van der Waals surface area contributed by atoms with Crippen LogP contribution in [0, 0.1) is 17.8 Å². The van der Waals surface area contributed by atoms with Gasteiger partial charge in [0.2, 0.25) is 6.29 Å². The van der Waals surface area contributed by atoms with E-state index in [1.807, 2.05) is 24.9 Å². The molecule has 0 radical (unpaired) electrons. The van der Waals surface area contributed by atoms with Crippen LogP contribution in [-0.2, 0) is 23.7 Å². The molecule has 1 aliphatic carbocycles. The predicted molar refractivity (Wildman–Crippen MR) is 119 cm³/mol. The Kier molecular flexibility index (Phi) is 11.9. The first kappa shape index (κ1) is 26.1. The molecule has 1 aliphatic heterocycles. The fourth-order valence-corrected chi connectivity index (χ4v) is 4.60. The molecule has 1 amide bonds. The lowest BCUT2D eigenvalue weighted by Crippen LogP contribution is -2.44. The van der Waals surface area contributed by atoms with Gasteiger partial charge in [-0.2, -0.15) is 0 Å². The van der Waals surface area contributed by atoms with Crippen LogP contribution < -0.4 is 0 Å². The van der Waals surface area contributed by atoms with Gasteiger partial charge in [-0.15, -0.1) is 0 Å². The third-order valence-electron chi connectivity index (χ3n) is 6.39. The molecule has 1 heterocycles. The number of ether oxygens (including phenoxy) is 4. The van der Waals surface area contributed by atoms with Gasteiger partial charge in [0.1, 0.15) is 0 Å². The molecule has 0 aromatic carbocycles. The highest BCUT2D eigenvalue weighted by Crippen LogP contribution is 2.37. The smallest absolute Gasteiger partial charge is 0.288 e. The summed E-state index contributed by atoms with van der Waals surface area (Å²) < 4.78 is 23.0. The zero-order valence-electron chi connectivity index (χ0n) is 19.9. The topological polar surface area (TPSA) is 77.5 Å². The van der Waals surface area contributed by atoms with Crippen molar-refractivity contribution in [2.75, 3.05) is 46.7 Å². The standard InChI is InChI=1S/C24H43NO6/c1-5-30-24-20(11-13-28-15-16-29-14-12-26)21(18(2)3)17-22(31-24)23(27)25(4)19-9-7-6-8-10-19/h17-21,24,26H,5-16H2,1-4H3/t20-,21-,24-/m0/s1. The monoisotopic (exact) mass is 441 g/mol. The van der Waals surface area contributed by atoms with Gasteiger partial charge in [-0.1, -0.05) is 33.1 Å². The molecule has 0 spiro atoms. The van der Waals surface area contributed by atoms with Crippen LogP contribution in [0.2, 0.25) is 0 Å². The quantitative estimate of drug-likeness (QED) is 0.442. The van der Waals surface area contributed by atoms with Gasteiger partial charge in [-0.3, -0.25) is 4.79 Å². The molecule has 3 atom stereocenters. The average Bonchev–Trinajstić information content (AvgIpc) is 2.78. The van der Waals surface area contributed by atoms with Crippen LogP contribution >= 0.6 is 0 Å². The van der Waals surface area contributed by atoms with Crippen molar-refractivity contribution in [3.8, 4) is 0 Å². The number of allylic oxidation sites excluding steroid dienone is 1. The second kappa shape index (κ2) is 14.1. The van der Waals surface area contributed by atoms with Crippen LogP contribution in [0.4, 0.5) is 0 Å². The van der Waals surface area contributed by atoms with Crippen LogP contribution in [0.25, 0.3) is 0 Å². The number of carbonyl (C=O) groups excluding carboxylic acids is 1. The van der Waals surface area contributed by atoms with Gasteiger partial charge >= 0.3 is 0 Å². The molecule has 2 rings (SSSR count). The van der Waals surface area contributed by atoms with Gasteiger partial charge in [-0.05, 0) is 44.1 Å². The lowest BCUT2D eigenvalue weighted by atomic mass is 9.79. The van der Waals surface area contributed by atoms with Crippen molar-refractivity contribution in [1.29, 1.82) is 0 Å². The van der Waals surface area contributed by atoms with E-state index in [0.29, 0.717) is 50.8 Å². The zero-order chi connectivity index (χ0) is 22.6. The minimum Gasteiger partial charge on any atom is -0.459 e. The zero-order valence-corrected chi connectivity index (χ0v) is 19.9. The molecule has 2 aliphatic rings. The third kappa shape index (κ3) is 8.04. The summed E-state index contributed by atoms with van der Waals surface area (Å²) in [5.41, 5.74) is 0. The molecule has 7 nitrogen and oxygen atoms in total. The van der Waals surface area contributed by atoms with Crippen molar-refractivity contribution >= 4 is 5.91 Å². The van der Waals surface area contributed by atoms with E-state index in [2.05, 4.69) is 13.8 Å². The van der Waals surface area contributed by atoms with Crippen LogP contribution in [-0.4, -0.2) is 74.9 Å². The van der Waals surface area contributed by atoms with Crippen molar-refractivity contribution in [2.45, 2.75) is 71.6 Å². The van der Waals surface area contributed by atoms with Crippen LogP contribution in [0.5, 0.6) is 0 Å². The van der Waals surface area contributed by atoms with Crippen molar-refractivity contribution in [1.82, 2.24) is 4.90 Å². The molecule has 1 N–H and O–H groups in total. The van der Waals surface area contributed by atoms with E-state index in [4.69, 9.17) is 24.1 Å². The van der Waals surface area contributed by atoms with E-state index >= 15 is 0 Å². The van der Waals surface area contributed by atoms with Crippen LogP contribution in [0.15, 0.2) is 11.8 Å². The van der Waals surface area contributed by atoms with Crippen LogP contribution in [0.1, 0.15) is 59.3 Å². The van der Waals surface area contributed by atoms with Crippen molar-refractivity contribution in [2.24, 2.45) is 17.8 Å². The molecule has 1 fully saturated rings. The summed E-state index contributed by atoms with van der Waals surface area (Å²) in [4.78, 5) is 15.1. The number of aliphatic hydroxyl groups excluding tert-OH is 1. The maximum Gasteiger partial charge on any atom is 0.288 e. The molecule has 180 valence electrons. The van der Waals surface area contributed by atoms with Crippen LogP contribution in [0.3, 0.4) is 0 Å². The summed E-state index contributed by atoms with van der Waals surface area (Å²) in [6.07, 6.45) is 8.13. The summed E-state index contributed by atoms with van der Waals surface area (Å²) in [7, 11) is 1.90. The Morgan fingerprint density at radius 2 is 1.84 bits per heavy atom. The Morgan fingerprint density at radius 1 is 1.16 bits per heavy atom. The first-order valence-electron chi connectivity index (χ1n) is 12.0.